The lowest BCUT2D eigenvalue weighted by Gasteiger charge is -2.12. The first-order chi connectivity index (χ1) is 10.0. The van der Waals surface area contributed by atoms with Crippen molar-refractivity contribution in [1.82, 2.24) is 5.32 Å². The van der Waals surface area contributed by atoms with Gasteiger partial charge < -0.3 is 19.5 Å². The number of ether oxygens (including phenoxy) is 3. The Morgan fingerprint density at radius 3 is 2.86 bits per heavy atom. The van der Waals surface area contributed by atoms with E-state index in [0.717, 1.165) is 5.56 Å². The molecule has 0 saturated carbocycles. The number of amides is 1. The Balaban J connectivity index is 2.03. The molecular weight excluding hydrogens is 298 g/mol. The molecule has 1 atom stereocenters. The van der Waals surface area contributed by atoms with Gasteiger partial charge in [-0.05, 0) is 12.1 Å². The van der Waals surface area contributed by atoms with E-state index >= 15 is 0 Å². The highest BCUT2D eigenvalue weighted by molar-refractivity contribution is 6.32. The maximum absolute atomic E-state index is 11.5. The van der Waals surface area contributed by atoms with Crippen LogP contribution in [0.15, 0.2) is 12.1 Å². The van der Waals surface area contributed by atoms with E-state index in [0.29, 0.717) is 29.3 Å². The first-order valence-corrected chi connectivity index (χ1v) is 6.76. The second kappa shape index (κ2) is 6.78. The number of benzene rings is 1. The van der Waals surface area contributed by atoms with E-state index in [-0.39, 0.29) is 18.6 Å². The molecule has 1 unspecified atom stereocenters. The fourth-order valence-corrected chi connectivity index (χ4v) is 2.43. The van der Waals surface area contributed by atoms with Gasteiger partial charge >= 0.3 is 5.97 Å². The molecule has 2 rings (SSSR count). The molecule has 114 valence electrons. The van der Waals surface area contributed by atoms with Crippen molar-refractivity contribution in [3.63, 3.8) is 0 Å². The number of carbonyl (C=O) groups excluding carboxylic acids is 2. The van der Waals surface area contributed by atoms with Crippen LogP contribution < -0.4 is 10.1 Å². The van der Waals surface area contributed by atoms with Gasteiger partial charge in [-0.25, -0.2) is 4.79 Å². The summed E-state index contributed by atoms with van der Waals surface area (Å²) in [7, 11) is 2.77. The van der Waals surface area contributed by atoms with E-state index in [9.17, 15) is 9.59 Å². The molecule has 1 heterocycles. The number of esters is 1. The van der Waals surface area contributed by atoms with Gasteiger partial charge in [-0.2, -0.15) is 0 Å². The number of fused-ring (bicyclic) bond motifs is 1. The van der Waals surface area contributed by atoms with Gasteiger partial charge in [0.2, 0.25) is 5.91 Å². The summed E-state index contributed by atoms with van der Waals surface area (Å²) >= 11 is 6.11. The van der Waals surface area contributed by atoms with Gasteiger partial charge in [0.25, 0.3) is 0 Å². The third-order valence-electron chi connectivity index (χ3n) is 3.08. The number of rotatable bonds is 5. The summed E-state index contributed by atoms with van der Waals surface area (Å²) in [6.45, 7) is 0.355. The van der Waals surface area contributed by atoms with Crippen molar-refractivity contribution in [3.05, 3.63) is 28.3 Å². The van der Waals surface area contributed by atoms with Crippen molar-refractivity contribution in [2.45, 2.75) is 12.5 Å². The van der Waals surface area contributed by atoms with Gasteiger partial charge in [0.1, 0.15) is 18.5 Å². The van der Waals surface area contributed by atoms with Gasteiger partial charge in [-0.15, -0.1) is 0 Å². The molecule has 0 spiro atoms. The third kappa shape index (κ3) is 3.65. The van der Waals surface area contributed by atoms with Crippen molar-refractivity contribution in [3.8, 4) is 5.75 Å². The molecule has 1 aromatic rings. The maximum Gasteiger partial charge on any atom is 0.337 e. The minimum Gasteiger partial charge on any atom is -0.486 e. The van der Waals surface area contributed by atoms with Gasteiger partial charge in [-0.3, -0.25) is 4.79 Å². The molecule has 7 heteroatoms. The molecule has 0 fully saturated rings. The molecule has 1 amide bonds. The summed E-state index contributed by atoms with van der Waals surface area (Å²) in [6, 6.07) is 3.21. The number of carbonyl (C=O) groups is 2. The Labute approximate surface area is 127 Å². The summed E-state index contributed by atoms with van der Waals surface area (Å²) < 4.78 is 15.1. The standard InChI is InChI=1S/C14H16ClNO5/c1-19-7-12(17)16-6-10-4-8-3-9(14(18)20-2)5-11(15)13(8)21-10/h3,5,10H,4,6-7H2,1-2H3,(H,16,17). The SMILES string of the molecule is COCC(=O)NCC1Cc2cc(C(=O)OC)cc(Cl)c2O1. The predicted molar refractivity (Wildman–Crippen MR) is 75.8 cm³/mol. The summed E-state index contributed by atoms with van der Waals surface area (Å²) in [4.78, 5) is 22.9. The Hall–Kier alpha value is -1.79. The van der Waals surface area contributed by atoms with E-state index in [1.165, 1.54) is 20.3 Å². The van der Waals surface area contributed by atoms with Crippen LogP contribution in [0.4, 0.5) is 0 Å². The Morgan fingerprint density at radius 2 is 2.19 bits per heavy atom. The molecule has 0 aliphatic carbocycles. The Kier molecular flexibility index (Phi) is 5.03. The van der Waals surface area contributed by atoms with E-state index in [2.05, 4.69) is 10.1 Å². The molecule has 1 aliphatic rings. The van der Waals surface area contributed by atoms with Crippen molar-refractivity contribution in [1.29, 1.82) is 0 Å². The number of halogens is 1. The van der Waals surface area contributed by atoms with Crippen LogP contribution in [0.5, 0.6) is 5.75 Å². The average molecular weight is 314 g/mol. The van der Waals surface area contributed by atoms with Crippen LogP contribution in [0.1, 0.15) is 15.9 Å². The second-order valence-electron chi connectivity index (χ2n) is 4.62. The maximum atomic E-state index is 11.5. The number of nitrogens with one attached hydrogen (secondary N) is 1. The number of methoxy groups -OCH3 is 2. The van der Waals surface area contributed by atoms with Crippen LogP contribution in [0, 0.1) is 0 Å². The molecular formula is C14H16ClNO5. The largest absolute Gasteiger partial charge is 0.486 e. The predicted octanol–water partition coefficient (Wildman–Crippen LogP) is 1.19. The zero-order valence-electron chi connectivity index (χ0n) is 11.8. The van der Waals surface area contributed by atoms with Gasteiger partial charge in [0.15, 0.2) is 0 Å². The van der Waals surface area contributed by atoms with Crippen molar-refractivity contribution < 1.29 is 23.8 Å². The fraction of sp³-hybridized carbons (Fsp3) is 0.429. The van der Waals surface area contributed by atoms with Gasteiger partial charge in [0.05, 0.1) is 24.2 Å². The summed E-state index contributed by atoms with van der Waals surface area (Å²) in [5, 5.41) is 3.06. The molecule has 1 aromatic carbocycles. The molecule has 0 radical (unpaired) electrons. The molecule has 21 heavy (non-hydrogen) atoms. The van der Waals surface area contributed by atoms with Crippen LogP contribution in [0.3, 0.4) is 0 Å². The quantitative estimate of drug-likeness (QED) is 0.827. The lowest BCUT2D eigenvalue weighted by Crippen LogP contribution is -2.36. The van der Waals surface area contributed by atoms with Crippen molar-refractivity contribution >= 4 is 23.5 Å². The van der Waals surface area contributed by atoms with Crippen LogP contribution in [-0.4, -0.2) is 45.4 Å². The van der Waals surface area contributed by atoms with Crippen LogP contribution in [0.25, 0.3) is 0 Å². The molecule has 0 bridgehead atoms. The van der Waals surface area contributed by atoms with Crippen molar-refractivity contribution in [2.75, 3.05) is 27.4 Å². The monoisotopic (exact) mass is 313 g/mol. The Bertz CT molecular complexity index is 561. The third-order valence-corrected chi connectivity index (χ3v) is 3.36. The van der Waals surface area contributed by atoms with E-state index < -0.39 is 5.97 Å². The van der Waals surface area contributed by atoms with E-state index in [1.807, 2.05) is 0 Å². The molecule has 1 aliphatic heterocycles. The lowest BCUT2D eigenvalue weighted by molar-refractivity contribution is -0.125. The highest BCUT2D eigenvalue weighted by Crippen LogP contribution is 2.37. The average Bonchev–Trinajstić information content (AvgIpc) is 2.88. The van der Waals surface area contributed by atoms with Gasteiger partial charge in [-0.1, -0.05) is 11.6 Å². The second-order valence-corrected chi connectivity index (χ2v) is 5.03. The van der Waals surface area contributed by atoms with Crippen LogP contribution >= 0.6 is 11.6 Å². The smallest absolute Gasteiger partial charge is 0.337 e. The van der Waals surface area contributed by atoms with E-state index in [4.69, 9.17) is 21.1 Å². The first kappa shape index (κ1) is 15.6. The zero-order chi connectivity index (χ0) is 15.4. The molecule has 0 aromatic heterocycles. The lowest BCUT2D eigenvalue weighted by atomic mass is 10.1. The van der Waals surface area contributed by atoms with Crippen LogP contribution in [0.2, 0.25) is 5.02 Å². The summed E-state index contributed by atoms with van der Waals surface area (Å²) in [6.07, 6.45) is 0.346. The van der Waals surface area contributed by atoms with E-state index in [1.54, 1.807) is 6.07 Å². The van der Waals surface area contributed by atoms with Crippen molar-refractivity contribution in [2.24, 2.45) is 0 Å². The summed E-state index contributed by atoms with van der Waals surface area (Å²) in [5.41, 5.74) is 1.21. The fourth-order valence-electron chi connectivity index (χ4n) is 2.15. The number of hydrogen-bond donors (Lipinski definition) is 1. The summed E-state index contributed by atoms with van der Waals surface area (Å²) in [5.74, 6) is -0.106. The minimum atomic E-state index is -0.448. The number of hydrogen-bond acceptors (Lipinski definition) is 5. The van der Waals surface area contributed by atoms with Crippen LogP contribution in [-0.2, 0) is 20.7 Å². The van der Waals surface area contributed by atoms with Gasteiger partial charge in [0, 0.05) is 19.1 Å². The minimum absolute atomic E-state index is 0.00686. The molecule has 6 nitrogen and oxygen atoms in total. The molecule has 0 saturated heterocycles. The topological polar surface area (TPSA) is 73.9 Å². The highest BCUT2D eigenvalue weighted by Gasteiger charge is 2.27. The highest BCUT2D eigenvalue weighted by atomic mass is 35.5. The first-order valence-electron chi connectivity index (χ1n) is 6.38. The molecule has 1 N–H and O–H groups in total. The normalized spacial score (nSPS) is 16.0. The Morgan fingerprint density at radius 1 is 1.43 bits per heavy atom. The zero-order valence-corrected chi connectivity index (χ0v) is 12.5.